The maximum absolute atomic E-state index is 12.3. The van der Waals surface area contributed by atoms with Gasteiger partial charge in [0.05, 0.1) is 7.11 Å². The fourth-order valence-corrected chi connectivity index (χ4v) is 3.56. The summed E-state index contributed by atoms with van der Waals surface area (Å²) >= 11 is 0. The minimum atomic E-state index is -0.265. The van der Waals surface area contributed by atoms with Gasteiger partial charge in [0, 0.05) is 24.7 Å². The van der Waals surface area contributed by atoms with Crippen LogP contribution in [0.1, 0.15) is 28.4 Å². The summed E-state index contributed by atoms with van der Waals surface area (Å²) in [5.41, 5.74) is 2.25. The number of hydrogen-bond donors (Lipinski definition) is 1. The molecular formula is C22H22N4O2. The van der Waals surface area contributed by atoms with Gasteiger partial charge in [0.15, 0.2) is 11.5 Å². The summed E-state index contributed by atoms with van der Waals surface area (Å²) in [5, 5.41) is 11.2. The van der Waals surface area contributed by atoms with E-state index in [1.54, 1.807) is 13.2 Å². The molecule has 1 fully saturated rings. The Balaban J connectivity index is 1.42. The van der Waals surface area contributed by atoms with Crippen LogP contribution < -0.4 is 15.0 Å². The lowest BCUT2D eigenvalue weighted by atomic mass is 9.97. The van der Waals surface area contributed by atoms with Crippen molar-refractivity contribution in [1.29, 1.82) is 0 Å². The van der Waals surface area contributed by atoms with E-state index in [2.05, 4.69) is 26.5 Å². The van der Waals surface area contributed by atoms with E-state index >= 15 is 0 Å². The highest BCUT2D eigenvalue weighted by Gasteiger charge is 2.27. The molecule has 6 nitrogen and oxygen atoms in total. The van der Waals surface area contributed by atoms with E-state index < -0.39 is 0 Å². The number of carbonyl (C=O) groups excluding carboxylic acids is 1. The highest BCUT2D eigenvalue weighted by molar-refractivity contribution is 6.02. The Hall–Kier alpha value is -3.41. The summed E-state index contributed by atoms with van der Waals surface area (Å²) in [4.78, 5) is 14.5. The van der Waals surface area contributed by atoms with Crippen molar-refractivity contribution in [1.82, 2.24) is 10.2 Å². The number of aromatic nitrogens is 2. The molecule has 2 aromatic carbocycles. The number of benzene rings is 2. The largest absolute Gasteiger partial charge is 0.496 e. The van der Waals surface area contributed by atoms with E-state index in [9.17, 15) is 4.79 Å². The predicted molar refractivity (Wildman–Crippen MR) is 109 cm³/mol. The minimum absolute atomic E-state index is 0.265. The van der Waals surface area contributed by atoms with Gasteiger partial charge in [-0.05, 0) is 42.3 Å². The zero-order valence-electron chi connectivity index (χ0n) is 15.7. The predicted octanol–water partition coefficient (Wildman–Crippen LogP) is 3.73. The smallest absolute Gasteiger partial charge is 0.276 e. The molecule has 6 heteroatoms. The van der Waals surface area contributed by atoms with Crippen molar-refractivity contribution in [3.05, 3.63) is 78.0 Å². The normalized spacial score (nSPS) is 16.0. The fraction of sp³-hybridized carbons (Fsp3) is 0.227. The van der Waals surface area contributed by atoms with Gasteiger partial charge in [-0.3, -0.25) is 4.79 Å². The van der Waals surface area contributed by atoms with E-state index in [4.69, 9.17) is 4.74 Å². The average molecular weight is 374 g/mol. The van der Waals surface area contributed by atoms with E-state index in [0.717, 1.165) is 36.8 Å². The van der Waals surface area contributed by atoms with Crippen LogP contribution in [0.4, 0.5) is 11.5 Å². The first-order valence-electron chi connectivity index (χ1n) is 9.32. The fourth-order valence-electron chi connectivity index (χ4n) is 3.56. The number of ether oxygens (including phenoxy) is 1. The first kappa shape index (κ1) is 18.0. The van der Waals surface area contributed by atoms with Crippen LogP contribution in [0.2, 0.25) is 0 Å². The number of hydrogen-bond acceptors (Lipinski definition) is 5. The number of nitrogens with zero attached hydrogens (tertiary/aromatic N) is 3. The molecule has 0 bridgehead atoms. The molecule has 1 amide bonds. The lowest BCUT2D eigenvalue weighted by Crippen LogP contribution is -2.22. The van der Waals surface area contributed by atoms with Gasteiger partial charge < -0.3 is 15.0 Å². The van der Waals surface area contributed by atoms with Crippen LogP contribution >= 0.6 is 0 Å². The quantitative estimate of drug-likeness (QED) is 0.737. The monoisotopic (exact) mass is 374 g/mol. The summed E-state index contributed by atoms with van der Waals surface area (Å²) in [7, 11) is 1.70. The third-order valence-electron chi connectivity index (χ3n) is 5.01. The molecule has 1 aliphatic heterocycles. The van der Waals surface area contributed by atoms with Crippen molar-refractivity contribution < 1.29 is 9.53 Å². The number of nitrogens with one attached hydrogen (secondary N) is 1. The number of amides is 1. The van der Waals surface area contributed by atoms with Crippen LogP contribution in [0.3, 0.4) is 0 Å². The molecule has 1 aliphatic rings. The average Bonchev–Trinajstić information content (AvgIpc) is 3.24. The Morgan fingerprint density at radius 1 is 1.04 bits per heavy atom. The van der Waals surface area contributed by atoms with Gasteiger partial charge in [0.2, 0.25) is 0 Å². The van der Waals surface area contributed by atoms with Crippen LogP contribution in [0, 0.1) is 0 Å². The topological polar surface area (TPSA) is 67.3 Å². The van der Waals surface area contributed by atoms with Crippen molar-refractivity contribution in [2.75, 3.05) is 30.4 Å². The lowest BCUT2D eigenvalue weighted by molar-refractivity contribution is 0.102. The third-order valence-corrected chi connectivity index (χ3v) is 5.01. The van der Waals surface area contributed by atoms with Gasteiger partial charge in [-0.1, -0.05) is 36.4 Å². The Morgan fingerprint density at radius 3 is 2.57 bits per heavy atom. The standard InChI is InChI=1S/C22H22N4O2/c1-28-20-10-6-5-9-18(20)16-13-14-26(15-16)21-12-11-19(24-25-21)22(27)23-17-7-3-2-4-8-17/h2-12,16H,13-15H2,1H3,(H,23,27). The Bertz CT molecular complexity index is 944. The molecule has 0 aliphatic carbocycles. The molecule has 1 aromatic heterocycles. The molecule has 3 aromatic rings. The van der Waals surface area contributed by atoms with E-state index in [0.29, 0.717) is 11.6 Å². The van der Waals surface area contributed by atoms with E-state index in [1.807, 2.05) is 54.6 Å². The third kappa shape index (κ3) is 3.81. The maximum Gasteiger partial charge on any atom is 0.276 e. The van der Waals surface area contributed by atoms with Crippen LogP contribution in [0.5, 0.6) is 5.75 Å². The Kier molecular flexibility index (Phi) is 5.19. The molecule has 1 atom stereocenters. The number of rotatable bonds is 5. The summed E-state index contributed by atoms with van der Waals surface area (Å²) in [6, 6.07) is 21.0. The van der Waals surface area contributed by atoms with Gasteiger partial charge in [-0.2, -0.15) is 0 Å². The SMILES string of the molecule is COc1ccccc1C1CCN(c2ccc(C(=O)Nc3ccccc3)nn2)C1. The summed E-state index contributed by atoms with van der Waals surface area (Å²) in [5.74, 6) is 1.83. The highest BCUT2D eigenvalue weighted by atomic mass is 16.5. The molecule has 0 saturated carbocycles. The number of carbonyl (C=O) groups is 1. The summed E-state index contributed by atoms with van der Waals surface area (Å²) in [6.07, 6.45) is 1.03. The molecule has 1 N–H and O–H groups in total. The molecule has 1 unspecified atom stereocenters. The van der Waals surface area contributed by atoms with Crippen LogP contribution in [0.25, 0.3) is 0 Å². The van der Waals surface area contributed by atoms with Crippen molar-refractivity contribution in [2.45, 2.75) is 12.3 Å². The second-order valence-electron chi connectivity index (χ2n) is 6.77. The van der Waals surface area contributed by atoms with Gasteiger partial charge in [-0.25, -0.2) is 0 Å². The molecule has 0 spiro atoms. The molecule has 28 heavy (non-hydrogen) atoms. The highest BCUT2D eigenvalue weighted by Crippen LogP contribution is 2.34. The first-order valence-corrected chi connectivity index (χ1v) is 9.32. The number of para-hydroxylation sites is 2. The number of anilines is 2. The minimum Gasteiger partial charge on any atom is -0.496 e. The summed E-state index contributed by atoms with van der Waals surface area (Å²) in [6.45, 7) is 1.75. The Labute approximate surface area is 164 Å². The summed E-state index contributed by atoms with van der Waals surface area (Å²) < 4.78 is 5.50. The van der Waals surface area contributed by atoms with Crippen LogP contribution in [0.15, 0.2) is 66.7 Å². The van der Waals surface area contributed by atoms with Gasteiger partial charge >= 0.3 is 0 Å². The van der Waals surface area contributed by atoms with Crippen molar-refractivity contribution >= 4 is 17.4 Å². The van der Waals surface area contributed by atoms with Crippen LogP contribution in [-0.4, -0.2) is 36.3 Å². The van der Waals surface area contributed by atoms with Crippen molar-refractivity contribution in [2.24, 2.45) is 0 Å². The maximum atomic E-state index is 12.3. The first-order chi connectivity index (χ1) is 13.7. The number of methoxy groups -OCH3 is 1. The molecule has 0 radical (unpaired) electrons. The van der Waals surface area contributed by atoms with E-state index in [1.165, 1.54) is 5.56 Å². The molecule has 142 valence electrons. The second kappa shape index (κ2) is 8.08. The zero-order valence-corrected chi connectivity index (χ0v) is 15.7. The van der Waals surface area contributed by atoms with Crippen LogP contribution in [-0.2, 0) is 0 Å². The van der Waals surface area contributed by atoms with Gasteiger partial charge in [0.1, 0.15) is 5.75 Å². The van der Waals surface area contributed by atoms with Gasteiger partial charge in [-0.15, -0.1) is 10.2 Å². The lowest BCUT2D eigenvalue weighted by Gasteiger charge is -2.18. The molecule has 4 rings (SSSR count). The Morgan fingerprint density at radius 2 is 1.82 bits per heavy atom. The second-order valence-corrected chi connectivity index (χ2v) is 6.77. The molecule has 2 heterocycles. The zero-order chi connectivity index (χ0) is 19.3. The molecular weight excluding hydrogens is 352 g/mol. The van der Waals surface area contributed by atoms with E-state index in [-0.39, 0.29) is 5.91 Å². The van der Waals surface area contributed by atoms with Crippen molar-refractivity contribution in [3.63, 3.8) is 0 Å². The van der Waals surface area contributed by atoms with Crippen molar-refractivity contribution in [3.8, 4) is 5.75 Å². The van der Waals surface area contributed by atoms with Gasteiger partial charge in [0.25, 0.3) is 5.91 Å². The molecule has 1 saturated heterocycles.